The molecule has 1 heterocycles. The molecule has 0 aromatic carbocycles. The van der Waals surface area contributed by atoms with Crippen molar-refractivity contribution in [3.8, 4) is 0 Å². The van der Waals surface area contributed by atoms with E-state index < -0.39 is 5.91 Å². The molecule has 0 spiro atoms. The number of aromatic nitrogens is 2. The summed E-state index contributed by atoms with van der Waals surface area (Å²) in [5, 5.41) is 8.13. The average Bonchev–Trinajstić information content (AvgIpc) is 2.36. The zero-order chi connectivity index (χ0) is 14.3. The molecule has 7 heteroatoms. The standard InChI is InChI=1S/C12H19N5O2/c1-4-13-10-6-14-9(5-15-10)12(19)16-7-11(18)17-8(2)3/h5-6,8H,4,7H2,1-3H3,(H,13,15)(H,16,19)(H,17,18). The molecule has 104 valence electrons. The maximum Gasteiger partial charge on any atom is 0.271 e. The van der Waals surface area contributed by atoms with Gasteiger partial charge in [0, 0.05) is 12.6 Å². The van der Waals surface area contributed by atoms with E-state index in [1.807, 2.05) is 20.8 Å². The number of nitrogens with one attached hydrogen (secondary N) is 3. The number of rotatable bonds is 6. The lowest BCUT2D eigenvalue weighted by Crippen LogP contribution is -2.40. The number of carbonyl (C=O) groups excluding carboxylic acids is 2. The van der Waals surface area contributed by atoms with E-state index in [0.717, 1.165) is 6.54 Å². The Hall–Kier alpha value is -2.18. The Morgan fingerprint density at radius 2 is 2.00 bits per heavy atom. The number of amides is 2. The summed E-state index contributed by atoms with van der Waals surface area (Å²) in [6.45, 7) is 6.30. The van der Waals surface area contributed by atoms with Gasteiger partial charge in [-0.05, 0) is 20.8 Å². The minimum Gasteiger partial charge on any atom is -0.369 e. The van der Waals surface area contributed by atoms with Crippen molar-refractivity contribution in [3.63, 3.8) is 0 Å². The Morgan fingerprint density at radius 1 is 1.26 bits per heavy atom. The molecule has 0 aliphatic heterocycles. The van der Waals surface area contributed by atoms with E-state index in [4.69, 9.17) is 0 Å². The summed E-state index contributed by atoms with van der Waals surface area (Å²) < 4.78 is 0. The highest BCUT2D eigenvalue weighted by molar-refractivity contribution is 5.94. The monoisotopic (exact) mass is 265 g/mol. The van der Waals surface area contributed by atoms with E-state index >= 15 is 0 Å². The fourth-order valence-corrected chi connectivity index (χ4v) is 1.34. The molecular weight excluding hydrogens is 246 g/mol. The van der Waals surface area contributed by atoms with Gasteiger partial charge < -0.3 is 16.0 Å². The molecule has 0 aliphatic rings. The maximum absolute atomic E-state index is 11.7. The van der Waals surface area contributed by atoms with Crippen LogP contribution in [-0.2, 0) is 4.79 Å². The third-order valence-corrected chi connectivity index (χ3v) is 2.10. The first-order valence-electron chi connectivity index (χ1n) is 6.16. The summed E-state index contributed by atoms with van der Waals surface area (Å²) in [5.41, 5.74) is 0.180. The van der Waals surface area contributed by atoms with E-state index in [1.54, 1.807) is 0 Å². The third-order valence-electron chi connectivity index (χ3n) is 2.10. The second-order valence-corrected chi connectivity index (χ2v) is 4.22. The Labute approximate surface area is 112 Å². The molecule has 2 amide bonds. The van der Waals surface area contributed by atoms with Gasteiger partial charge in [0.2, 0.25) is 5.91 Å². The van der Waals surface area contributed by atoms with E-state index in [2.05, 4.69) is 25.9 Å². The Kier molecular flexibility index (Phi) is 5.72. The number of carbonyl (C=O) groups is 2. The third kappa shape index (κ3) is 5.33. The van der Waals surface area contributed by atoms with Crippen molar-refractivity contribution in [3.05, 3.63) is 18.1 Å². The molecule has 3 N–H and O–H groups in total. The van der Waals surface area contributed by atoms with Gasteiger partial charge in [0.1, 0.15) is 11.5 Å². The van der Waals surface area contributed by atoms with E-state index in [1.165, 1.54) is 12.4 Å². The summed E-state index contributed by atoms with van der Waals surface area (Å²) in [5.74, 6) is -0.0494. The van der Waals surface area contributed by atoms with Crippen LogP contribution >= 0.6 is 0 Å². The lowest BCUT2D eigenvalue weighted by Gasteiger charge is -2.09. The number of hydrogen-bond donors (Lipinski definition) is 3. The summed E-state index contributed by atoms with van der Waals surface area (Å²) in [6, 6.07) is 0.0450. The molecule has 0 unspecified atom stereocenters. The van der Waals surface area contributed by atoms with Crippen molar-refractivity contribution in [2.24, 2.45) is 0 Å². The fraction of sp³-hybridized carbons (Fsp3) is 0.500. The van der Waals surface area contributed by atoms with Gasteiger partial charge in [-0.15, -0.1) is 0 Å². The van der Waals surface area contributed by atoms with Gasteiger partial charge in [0.25, 0.3) is 5.91 Å². The summed E-state index contributed by atoms with van der Waals surface area (Å²) in [7, 11) is 0. The molecule has 0 saturated carbocycles. The maximum atomic E-state index is 11.7. The van der Waals surface area contributed by atoms with Crippen LogP contribution in [0.15, 0.2) is 12.4 Å². The van der Waals surface area contributed by atoms with Crippen LogP contribution in [0.4, 0.5) is 5.82 Å². The van der Waals surface area contributed by atoms with Crippen molar-refractivity contribution in [1.29, 1.82) is 0 Å². The van der Waals surface area contributed by atoms with Gasteiger partial charge in [-0.25, -0.2) is 9.97 Å². The van der Waals surface area contributed by atoms with E-state index in [-0.39, 0.29) is 24.2 Å². The molecule has 0 bridgehead atoms. The number of nitrogens with zero attached hydrogens (tertiary/aromatic N) is 2. The molecule has 19 heavy (non-hydrogen) atoms. The van der Waals surface area contributed by atoms with E-state index in [0.29, 0.717) is 5.82 Å². The van der Waals surface area contributed by atoms with Crippen LogP contribution < -0.4 is 16.0 Å². The topological polar surface area (TPSA) is 96.0 Å². The summed E-state index contributed by atoms with van der Waals surface area (Å²) in [4.78, 5) is 31.0. The molecule has 1 aromatic heterocycles. The van der Waals surface area contributed by atoms with Crippen molar-refractivity contribution in [1.82, 2.24) is 20.6 Å². The second-order valence-electron chi connectivity index (χ2n) is 4.22. The highest BCUT2D eigenvalue weighted by atomic mass is 16.2. The molecule has 0 fully saturated rings. The van der Waals surface area contributed by atoms with Gasteiger partial charge >= 0.3 is 0 Å². The molecule has 0 saturated heterocycles. The van der Waals surface area contributed by atoms with Crippen LogP contribution in [-0.4, -0.2) is 40.9 Å². The lowest BCUT2D eigenvalue weighted by atomic mass is 10.3. The lowest BCUT2D eigenvalue weighted by molar-refractivity contribution is -0.120. The highest BCUT2D eigenvalue weighted by Gasteiger charge is 2.10. The van der Waals surface area contributed by atoms with Crippen LogP contribution in [0.25, 0.3) is 0 Å². The Morgan fingerprint density at radius 3 is 2.53 bits per heavy atom. The van der Waals surface area contributed by atoms with Crippen LogP contribution in [0.3, 0.4) is 0 Å². The number of hydrogen-bond acceptors (Lipinski definition) is 5. The van der Waals surface area contributed by atoms with Crippen LogP contribution in [0, 0.1) is 0 Å². The Balaban J connectivity index is 2.47. The normalized spacial score (nSPS) is 10.1. The van der Waals surface area contributed by atoms with Crippen molar-refractivity contribution >= 4 is 17.6 Å². The zero-order valence-electron chi connectivity index (χ0n) is 11.4. The quantitative estimate of drug-likeness (QED) is 0.681. The van der Waals surface area contributed by atoms with Crippen LogP contribution in [0.5, 0.6) is 0 Å². The van der Waals surface area contributed by atoms with Gasteiger partial charge in [-0.2, -0.15) is 0 Å². The van der Waals surface area contributed by atoms with Crippen LogP contribution in [0.2, 0.25) is 0 Å². The first-order chi connectivity index (χ1) is 9.02. The van der Waals surface area contributed by atoms with Crippen molar-refractivity contribution < 1.29 is 9.59 Å². The Bertz CT molecular complexity index is 430. The molecule has 1 rings (SSSR count). The molecule has 0 radical (unpaired) electrons. The SMILES string of the molecule is CCNc1cnc(C(=O)NCC(=O)NC(C)C)cn1. The van der Waals surface area contributed by atoms with Gasteiger partial charge in [0.15, 0.2) is 0 Å². The minimum atomic E-state index is -0.422. The average molecular weight is 265 g/mol. The molecule has 0 atom stereocenters. The summed E-state index contributed by atoms with van der Waals surface area (Å²) >= 11 is 0. The van der Waals surface area contributed by atoms with Gasteiger partial charge in [-0.3, -0.25) is 9.59 Å². The first kappa shape index (κ1) is 14.9. The first-order valence-corrected chi connectivity index (χ1v) is 6.16. The minimum absolute atomic E-state index is 0.0450. The molecular formula is C12H19N5O2. The molecule has 1 aromatic rings. The predicted molar refractivity (Wildman–Crippen MR) is 71.8 cm³/mol. The van der Waals surface area contributed by atoms with Crippen LogP contribution in [0.1, 0.15) is 31.3 Å². The van der Waals surface area contributed by atoms with Gasteiger partial charge in [0.05, 0.1) is 18.9 Å². The number of anilines is 1. The predicted octanol–water partition coefficient (Wildman–Crippen LogP) is 0.163. The smallest absolute Gasteiger partial charge is 0.271 e. The molecule has 0 aliphatic carbocycles. The largest absolute Gasteiger partial charge is 0.369 e. The van der Waals surface area contributed by atoms with Gasteiger partial charge in [-0.1, -0.05) is 0 Å². The fourth-order valence-electron chi connectivity index (χ4n) is 1.34. The highest BCUT2D eigenvalue weighted by Crippen LogP contribution is 2.00. The van der Waals surface area contributed by atoms with Crippen molar-refractivity contribution in [2.75, 3.05) is 18.4 Å². The van der Waals surface area contributed by atoms with E-state index in [9.17, 15) is 9.59 Å². The molecule has 7 nitrogen and oxygen atoms in total. The van der Waals surface area contributed by atoms with Crippen molar-refractivity contribution in [2.45, 2.75) is 26.8 Å². The summed E-state index contributed by atoms with van der Waals surface area (Å²) in [6.07, 6.45) is 2.85. The second kappa shape index (κ2) is 7.30. The zero-order valence-corrected chi connectivity index (χ0v) is 11.4.